The van der Waals surface area contributed by atoms with Crippen molar-refractivity contribution in [2.75, 3.05) is 18.8 Å². The fourth-order valence-electron chi connectivity index (χ4n) is 3.75. The van der Waals surface area contributed by atoms with Crippen LogP contribution in [0.1, 0.15) is 39.0 Å². The molecule has 1 aliphatic carbocycles. The van der Waals surface area contributed by atoms with Gasteiger partial charge in [0.05, 0.1) is 6.04 Å². The molecule has 3 fully saturated rings. The van der Waals surface area contributed by atoms with Crippen LogP contribution in [-0.2, 0) is 4.79 Å². The van der Waals surface area contributed by atoms with Gasteiger partial charge in [-0.05, 0) is 25.2 Å². The highest BCUT2D eigenvalue weighted by Crippen LogP contribution is 2.34. The Kier molecular flexibility index (Phi) is 5.44. The van der Waals surface area contributed by atoms with Crippen LogP contribution >= 0.6 is 24.2 Å². The van der Waals surface area contributed by atoms with Gasteiger partial charge in [0, 0.05) is 30.1 Å². The number of nitrogens with one attached hydrogen (secondary N) is 1. The normalized spacial score (nSPS) is 38.5. The Balaban J connectivity index is 0.00000133. The Bertz CT molecular complexity index is 315. The van der Waals surface area contributed by atoms with E-state index in [1.165, 1.54) is 25.7 Å². The second kappa shape index (κ2) is 6.68. The predicted molar refractivity (Wildman–Crippen MR) is 83.0 cm³/mol. The third-order valence-electron chi connectivity index (χ3n) is 4.71. The molecule has 110 valence electrons. The molecule has 2 heterocycles. The molecule has 0 aromatic carbocycles. The fourth-order valence-corrected chi connectivity index (χ4v) is 4.76. The number of fused-ring (bicyclic) bond motifs is 1. The summed E-state index contributed by atoms with van der Waals surface area (Å²) in [5, 5.41) is 4.21. The van der Waals surface area contributed by atoms with Crippen LogP contribution in [-0.4, -0.2) is 47.0 Å². The van der Waals surface area contributed by atoms with Gasteiger partial charge in [-0.3, -0.25) is 4.79 Å². The number of hydrogen-bond donors (Lipinski definition) is 1. The first-order valence-corrected chi connectivity index (χ1v) is 8.45. The highest BCUT2D eigenvalue weighted by Gasteiger charge is 2.40. The molecule has 3 rings (SSSR count). The molecule has 0 bridgehead atoms. The highest BCUT2D eigenvalue weighted by molar-refractivity contribution is 7.99. The first-order chi connectivity index (χ1) is 8.74. The molecular weight excluding hydrogens is 280 g/mol. The van der Waals surface area contributed by atoms with Gasteiger partial charge in [0.15, 0.2) is 0 Å². The van der Waals surface area contributed by atoms with E-state index in [-0.39, 0.29) is 18.4 Å². The summed E-state index contributed by atoms with van der Waals surface area (Å²) in [5.41, 5.74) is 0. The van der Waals surface area contributed by atoms with Crippen LogP contribution in [0.5, 0.6) is 0 Å². The van der Waals surface area contributed by atoms with Crippen molar-refractivity contribution in [2.45, 2.75) is 56.4 Å². The van der Waals surface area contributed by atoms with Crippen molar-refractivity contribution in [1.29, 1.82) is 0 Å². The van der Waals surface area contributed by atoms with Gasteiger partial charge in [-0.2, -0.15) is 11.8 Å². The lowest BCUT2D eigenvalue weighted by Gasteiger charge is -2.32. The zero-order chi connectivity index (χ0) is 12.5. The summed E-state index contributed by atoms with van der Waals surface area (Å²) in [5.74, 6) is 2.24. The van der Waals surface area contributed by atoms with Crippen molar-refractivity contribution in [2.24, 2.45) is 5.92 Å². The van der Waals surface area contributed by atoms with E-state index in [2.05, 4.69) is 17.1 Å². The number of carbonyl (C=O) groups is 1. The molecule has 3 nitrogen and oxygen atoms in total. The Morgan fingerprint density at radius 2 is 2.11 bits per heavy atom. The summed E-state index contributed by atoms with van der Waals surface area (Å²) in [6.45, 7) is 4.12. The molecule has 4 atom stereocenters. The number of amides is 1. The Hall–Kier alpha value is 0.0700. The van der Waals surface area contributed by atoms with Crippen LogP contribution in [0.25, 0.3) is 0 Å². The maximum absolute atomic E-state index is 12.5. The van der Waals surface area contributed by atoms with Gasteiger partial charge in [-0.25, -0.2) is 0 Å². The minimum atomic E-state index is 0. The Morgan fingerprint density at radius 1 is 1.32 bits per heavy atom. The third kappa shape index (κ3) is 3.40. The maximum Gasteiger partial charge on any atom is 0.239 e. The van der Waals surface area contributed by atoms with E-state index < -0.39 is 0 Å². The van der Waals surface area contributed by atoms with E-state index in [0.29, 0.717) is 17.2 Å². The summed E-state index contributed by atoms with van der Waals surface area (Å²) in [6.07, 6.45) is 6.39. The van der Waals surface area contributed by atoms with E-state index in [9.17, 15) is 4.79 Å². The van der Waals surface area contributed by atoms with Gasteiger partial charge in [-0.15, -0.1) is 12.4 Å². The summed E-state index contributed by atoms with van der Waals surface area (Å²) in [4.78, 5) is 14.6. The monoisotopic (exact) mass is 304 g/mol. The van der Waals surface area contributed by atoms with Crippen molar-refractivity contribution >= 4 is 30.1 Å². The quantitative estimate of drug-likeness (QED) is 0.807. The second-order valence-electron chi connectivity index (χ2n) is 6.07. The van der Waals surface area contributed by atoms with Crippen LogP contribution in [0.15, 0.2) is 0 Å². The zero-order valence-electron chi connectivity index (χ0n) is 11.6. The Morgan fingerprint density at radius 3 is 2.84 bits per heavy atom. The fraction of sp³-hybridized carbons (Fsp3) is 0.929. The topological polar surface area (TPSA) is 32.3 Å². The van der Waals surface area contributed by atoms with E-state index in [1.807, 2.05) is 11.8 Å². The van der Waals surface area contributed by atoms with Gasteiger partial charge in [-0.1, -0.05) is 19.8 Å². The molecule has 2 saturated heterocycles. The Labute approximate surface area is 126 Å². The van der Waals surface area contributed by atoms with Gasteiger partial charge in [0.2, 0.25) is 5.91 Å². The summed E-state index contributed by atoms with van der Waals surface area (Å²) in [7, 11) is 0. The number of rotatable bonds is 1. The lowest BCUT2D eigenvalue weighted by Crippen LogP contribution is -2.49. The minimum Gasteiger partial charge on any atom is -0.339 e. The van der Waals surface area contributed by atoms with Crippen LogP contribution < -0.4 is 5.32 Å². The van der Waals surface area contributed by atoms with E-state index in [0.717, 1.165) is 31.2 Å². The van der Waals surface area contributed by atoms with Crippen LogP contribution in [0.4, 0.5) is 0 Å². The molecule has 4 unspecified atom stereocenters. The predicted octanol–water partition coefficient (Wildman–Crippen LogP) is 2.29. The highest BCUT2D eigenvalue weighted by atomic mass is 35.5. The molecule has 1 amide bonds. The number of hydrogen-bond acceptors (Lipinski definition) is 3. The van der Waals surface area contributed by atoms with E-state index in [4.69, 9.17) is 0 Å². The smallest absolute Gasteiger partial charge is 0.239 e. The number of carbonyl (C=O) groups excluding carboxylic acids is 1. The van der Waals surface area contributed by atoms with Gasteiger partial charge >= 0.3 is 0 Å². The average Bonchev–Trinajstić information content (AvgIpc) is 2.81. The van der Waals surface area contributed by atoms with Gasteiger partial charge < -0.3 is 10.2 Å². The molecule has 0 radical (unpaired) electrons. The number of thioether (sulfide) groups is 1. The molecular formula is C14H25ClN2OS. The van der Waals surface area contributed by atoms with E-state index in [1.54, 1.807) is 0 Å². The average molecular weight is 305 g/mol. The zero-order valence-corrected chi connectivity index (χ0v) is 13.3. The van der Waals surface area contributed by atoms with Crippen LogP contribution in [0.3, 0.4) is 0 Å². The van der Waals surface area contributed by atoms with Crippen molar-refractivity contribution in [3.05, 3.63) is 0 Å². The molecule has 5 heteroatoms. The second-order valence-corrected chi connectivity index (χ2v) is 7.62. The number of halogens is 1. The SMILES string of the molecule is CC1CN(C(=O)C2CC3CCCCC3N2)CCS1.Cl. The molecule has 1 N–H and O–H groups in total. The van der Waals surface area contributed by atoms with E-state index >= 15 is 0 Å². The van der Waals surface area contributed by atoms with Gasteiger partial charge in [0.1, 0.15) is 0 Å². The molecule has 0 spiro atoms. The molecule has 3 aliphatic rings. The molecule has 1 saturated carbocycles. The number of nitrogens with zero attached hydrogens (tertiary/aromatic N) is 1. The maximum atomic E-state index is 12.5. The lowest BCUT2D eigenvalue weighted by atomic mass is 9.85. The van der Waals surface area contributed by atoms with Crippen molar-refractivity contribution in [1.82, 2.24) is 10.2 Å². The molecule has 19 heavy (non-hydrogen) atoms. The minimum absolute atomic E-state index is 0. The van der Waals surface area contributed by atoms with Crippen molar-refractivity contribution in [3.63, 3.8) is 0 Å². The van der Waals surface area contributed by atoms with Crippen molar-refractivity contribution < 1.29 is 4.79 Å². The summed E-state index contributed by atoms with van der Waals surface area (Å²) < 4.78 is 0. The summed E-state index contributed by atoms with van der Waals surface area (Å²) >= 11 is 1.99. The summed E-state index contributed by atoms with van der Waals surface area (Å²) in [6, 6.07) is 0.748. The standard InChI is InChI=1S/C14H24N2OS.ClH/c1-10-9-16(6-7-18-10)14(17)13-8-11-4-2-3-5-12(11)15-13;/h10-13,15H,2-9H2,1H3;1H. The first-order valence-electron chi connectivity index (χ1n) is 7.40. The first kappa shape index (κ1) is 15.5. The van der Waals surface area contributed by atoms with Gasteiger partial charge in [0.25, 0.3) is 0 Å². The molecule has 0 aromatic heterocycles. The largest absolute Gasteiger partial charge is 0.339 e. The molecule has 0 aromatic rings. The van der Waals surface area contributed by atoms with Crippen LogP contribution in [0.2, 0.25) is 0 Å². The van der Waals surface area contributed by atoms with Crippen molar-refractivity contribution in [3.8, 4) is 0 Å². The lowest BCUT2D eigenvalue weighted by molar-refractivity contribution is -0.133. The molecule has 2 aliphatic heterocycles. The third-order valence-corrected chi connectivity index (χ3v) is 5.85. The van der Waals surface area contributed by atoms with Crippen LogP contribution in [0, 0.1) is 5.92 Å².